The van der Waals surface area contributed by atoms with Crippen LogP contribution >= 0.6 is 0 Å². The summed E-state index contributed by atoms with van der Waals surface area (Å²) in [6.45, 7) is 3.05. The monoisotopic (exact) mass is 194 g/mol. The minimum Gasteiger partial charge on any atom is -0.386 e. The van der Waals surface area contributed by atoms with Gasteiger partial charge in [-0.25, -0.2) is 10.8 Å². The van der Waals surface area contributed by atoms with Gasteiger partial charge in [0, 0.05) is 13.1 Å². The van der Waals surface area contributed by atoms with Gasteiger partial charge in [0.1, 0.15) is 11.6 Å². The first-order valence-corrected chi connectivity index (χ1v) is 4.52. The largest absolute Gasteiger partial charge is 0.386 e. The Kier molecular flexibility index (Phi) is 2.05. The van der Waals surface area contributed by atoms with E-state index in [4.69, 9.17) is 5.84 Å². The van der Waals surface area contributed by atoms with Crippen molar-refractivity contribution in [3.63, 3.8) is 0 Å². The van der Waals surface area contributed by atoms with Crippen LogP contribution in [0.4, 0.5) is 11.6 Å². The maximum absolute atomic E-state index is 9.56. The molecule has 0 saturated carbocycles. The smallest absolute Gasteiger partial charge is 0.142 e. The lowest BCUT2D eigenvalue weighted by atomic mass is 9.97. The molecule has 14 heavy (non-hydrogen) atoms. The molecule has 0 unspecified atom stereocenters. The van der Waals surface area contributed by atoms with Gasteiger partial charge in [-0.15, -0.1) is 0 Å². The molecule has 1 aromatic rings. The number of aliphatic hydroxyl groups is 1. The van der Waals surface area contributed by atoms with Crippen LogP contribution in [0.3, 0.4) is 0 Å². The zero-order valence-electron chi connectivity index (χ0n) is 8.07. The molecule has 1 fully saturated rings. The van der Waals surface area contributed by atoms with E-state index in [0.717, 1.165) is 5.82 Å². The first kappa shape index (κ1) is 9.23. The Morgan fingerprint density at radius 1 is 1.57 bits per heavy atom. The number of nitrogens with zero attached hydrogens (tertiary/aromatic N) is 2. The number of rotatable bonds is 2. The molecule has 0 atom stereocenters. The molecule has 1 aliphatic rings. The van der Waals surface area contributed by atoms with Gasteiger partial charge in [0.15, 0.2) is 0 Å². The number of pyridine rings is 1. The van der Waals surface area contributed by atoms with Crippen molar-refractivity contribution in [2.75, 3.05) is 23.4 Å². The van der Waals surface area contributed by atoms with E-state index in [-0.39, 0.29) is 0 Å². The third-order valence-corrected chi connectivity index (χ3v) is 2.27. The fraction of sp³-hybridized carbons (Fsp3) is 0.444. The molecule has 2 heterocycles. The lowest BCUT2D eigenvalue weighted by Gasteiger charge is -2.44. The molecular formula is C9H14N4O. The highest BCUT2D eigenvalue weighted by atomic mass is 16.3. The number of β-amino-alcohol motifs (C(OH)–C–C–N with tert-alkyl or cyclic N) is 1. The molecular weight excluding hydrogens is 180 g/mol. The van der Waals surface area contributed by atoms with Gasteiger partial charge in [0.25, 0.3) is 0 Å². The molecule has 1 aromatic heterocycles. The Morgan fingerprint density at radius 3 is 2.86 bits per heavy atom. The quantitative estimate of drug-likeness (QED) is 0.454. The van der Waals surface area contributed by atoms with Crippen molar-refractivity contribution in [1.82, 2.24) is 4.98 Å². The number of nitrogens with one attached hydrogen (secondary N) is 1. The van der Waals surface area contributed by atoms with Gasteiger partial charge in [0.05, 0.1) is 5.60 Å². The fourth-order valence-electron chi connectivity index (χ4n) is 1.62. The summed E-state index contributed by atoms with van der Waals surface area (Å²) >= 11 is 0. The summed E-state index contributed by atoms with van der Waals surface area (Å²) in [6, 6.07) is 5.57. The van der Waals surface area contributed by atoms with Crippen LogP contribution in [0.5, 0.6) is 0 Å². The van der Waals surface area contributed by atoms with E-state index in [1.165, 1.54) is 0 Å². The van der Waals surface area contributed by atoms with Crippen molar-refractivity contribution in [3.05, 3.63) is 18.2 Å². The van der Waals surface area contributed by atoms with E-state index < -0.39 is 5.60 Å². The first-order chi connectivity index (χ1) is 6.61. The van der Waals surface area contributed by atoms with E-state index in [2.05, 4.69) is 10.4 Å². The summed E-state index contributed by atoms with van der Waals surface area (Å²) < 4.78 is 0. The van der Waals surface area contributed by atoms with Crippen LogP contribution in [0, 0.1) is 0 Å². The zero-order chi connectivity index (χ0) is 10.2. The van der Waals surface area contributed by atoms with Crippen molar-refractivity contribution < 1.29 is 5.11 Å². The molecule has 0 aromatic carbocycles. The average Bonchev–Trinajstić information content (AvgIpc) is 2.14. The third kappa shape index (κ3) is 1.64. The van der Waals surface area contributed by atoms with E-state index in [9.17, 15) is 5.11 Å². The number of hydrogen-bond acceptors (Lipinski definition) is 5. The average molecular weight is 194 g/mol. The second-order valence-corrected chi connectivity index (χ2v) is 3.88. The molecule has 1 saturated heterocycles. The Hall–Kier alpha value is -1.33. The number of aromatic nitrogens is 1. The fourth-order valence-corrected chi connectivity index (χ4v) is 1.62. The minimum absolute atomic E-state index is 0.576. The number of anilines is 2. The topological polar surface area (TPSA) is 74.4 Å². The number of hydrazine groups is 1. The standard InChI is InChI=1S/C9H14N4O/c1-9(14)5-13(6-9)8-4-2-3-7(11-8)12-10/h2-4,14H,5-6,10H2,1H3,(H,11,12). The molecule has 76 valence electrons. The predicted octanol–water partition coefficient (Wildman–Crippen LogP) is -0.0618. The van der Waals surface area contributed by atoms with Crippen LogP contribution in [0.15, 0.2) is 18.2 Å². The van der Waals surface area contributed by atoms with E-state index in [1.54, 1.807) is 6.07 Å². The highest BCUT2D eigenvalue weighted by Crippen LogP contribution is 2.26. The summed E-state index contributed by atoms with van der Waals surface area (Å²) in [7, 11) is 0. The second kappa shape index (κ2) is 3.11. The van der Waals surface area contributed by atoms with Gasteiger partial charge in [-0.05, 0) is 19.1 Å². The van der Waals surface area contributed by atoms with Crippen molar-refractivity contribution in [2.45, 2.75) is 12.5 Å². The maximum atomic E-state index is 9.56. The number of hydrogen-bond donors (Lipinski definition) is 3. The van der Waals surface area contributed by atoms with E-state index >= 15 is 0 Å². The molecule has 5 heteroatoms. The summed E-state index contributed by atoms with van der Waals surface area (Å²) in [5.41, 5.74) is 1.92. The van der Waals surface area contributed by atoms with Gasteiger partial charge in [-0.2, -0.15) is 0 Å². The van der Waals surface area contributed by atoms with Crippen molar-refractivity contribution in [1.29, 1.82) is 0 Å². The van der Waals surface area contributed by atoms with Crippen LogP contribution in [0.2, 0.25) is 0 Å². The van der Waals surface area contributed by atoms with E-state index in [0.29, 0.717) is 18.9 Å². The Bertz CT molecular complexity index is 331. The van der Waals surface area contributed by atoms with Crippen LogP contribution in [0.25, 0.3) is 0 Å². The van der Waals surface area contributed by atoms with Crippen LogP contribution in [-0.2, 0) is 0 Å². The Morgan fingerprint density at radius 2 is 2.29 bits per heavy atom. The van der Waals surface area contributed by atoms with Gasteiger partial charge in [-0.3, -0.25) is 0 Å². The van der Waals surface area contributed by atoms with Gasteiger partial charge >= 0.3 is 0 Å². The summed E-state index contributed by atoms with van der Waals surface area (Å²) in [6.07, 6.45) is 0. The van der Waals surface area contributed by atoms with Gasteiger partial charge in [0.2, 0.25) is 0 Å². The summed E-state index contributed by atoms with van der Waals surface area (Å²) in [5.74, 6) is 6.72. The molecule has 0 amide bonds. The van der Waals surface area contributed by atoms with Crippen LogP contribution in [0.1, 0.15) is 6.92 Å². The Labute approximate surface area is 82.5 Å². The van der Waals surface area contributed by atoms with Gasteiger partial charge < -0.3 is 15.4 Å². The maximum Gasteiger partial charge on any atom is 0.142 e. The highest BCUT2D eigenvalue weighted by Gasteiger charge is 2.37. The molecule has 1 aliphatic heterocycles. The predicted molar refractivity (Wildman–Crippen MR) is 54.9 cm³/mol. The number of nitrogen functional groups attached to an aromatic ring is 1. The SMILES string of the molecule is CC1(O)CN(c2cccc(NN)n2)C1. The van der Waals surface area contributed by atoms with Gasteiger partial charge in [-0.1, -0.05) is 6.07 Å². The molecule has 0 aliphatic carbocycles. The van der Waals surface area contributed by atoms with E-state index in [1.807, 2.05) is 24.0 Å². The first-order valence-electron chi connectivity index (χ1n) is 4.52. The molecule has 0 radical (unpaired) electrons. The highest BCUT2D eigenvalue weighted by molar-refractivity contribution is 5.49. The summed E-state index contributed by atoms with van der Waals surface area (Å²) in [5, 5.41) is 9.56. The second-order valence-electron chi connectivity index (χ2n) is 3.88. The van der Waals surface area contributed by atoms with Crippen molar-refractivity contribution >= 4 is 11.6 Å². The van der Waals surface area contributed by atoms with Crippen LogP contribution in [-0.4, -0.2) is 28.8 Å². The van der Waals surface area contributed by atoms with Crippen molar-refractivity contribution in [3.8, 4) is 0 Å². The molecule has 0 bridgehead atoms. The zero-order valence-corrected chi connectivity index (χ0v) is 8.07. The Balaban J connectivity index is 2.11. The lowest BCUT2D eigenvalue weighted by Crippen LogP contribution is -2.60. The number of nitrogens with two attached hydrogens (primary N) is 1. The molecule has 5 nitrogen and oxygen atoms in total. The normalized spacial score (nSPS) is 18.9. The van der Waals surface area contributed by atoms with Crippen LogP contribution < -0.4 is 16.2 Å². The molecule has 0 spiro atoms. The third-order valence-electron chi connectivity index (χ3n) is 2.27. The lowest BCUT2D eigenvalue weighted by molar-refractivity contribution is 0.0305. The molecule has 2 rings (SSSR count). The summed E-state index contributed by atoms with van der Waals surface area (Å²) in [4.78, 5) is 6.26. The minimum atomic E-state index is -0.576. The van der Waals surface area contributed by atoms with Crippen molar-refractivity contribution in [2.24, 2.45) is 5.84 Å². The molecule has 4 N–H and O–H groups in total.